The van der Waals surface area contributed by atoms with Gasteiger partial charge in [0.1, 0.15) is 11.5 Å². The van der Waals surface area contributed by atoms with Crippen molar-refractivity contribution in [3.05, 3.63) is 70.8 Å². The van der Waals surface area contributed by atoms with E-state index in [9.17, 15) is 9.59 Å². The molecule has 2 heterocycles. The third-order valence-corrected chi connectivity index (χ3v) is 4.70. The monoisotopic (exact) mass is 427 g/mol. The number of methoxy groups -OCH3 is 1. The number of anilines is 2. The Labute approximate surface area is 176 Å². The van der Waals surface area contributed by atoms with Gasteiger partial charge in [-0.3, -0.25) is 14.9 Å². The molecule has 29 heavy (non-hydrogen) atoms. The molecule has 3 aromatic rings. The van der Waals surface area contributed by atoms with Crippen LogP contribution in [0.5, 0.6) is 5.75 Å². The van der Waals surface area contributed by atoms with Crippen molar-refractivity contribution >= 4 is 57.9 Å². The number of nitrogens with one attached hydrogen (secondary N) is 3. The van der Waals surface area contributed by atoms with Gasteiger partial charge < -0.3 is 19.8 Å². The number of amides is 2. The van der Waals surface area contributed by atoms with Crippen LogP contribution in [0, 0.1) is 0 Å². The average Bonchev–Trinajstić information content (AvgIpc) is 3.41. The molecule has 2 amide bonds. The number of thiophene rings is 1. The fourth-order valence-corrected chi connectivity index (χ4v) is 3.16. The Hall–Kier alpha value is -3.43. The molecule has 0 aliphatic heterocycles. The number of hydrogen-bond acceptors (Lipinski definition) is 6. The smallest absolute Gasteiger partial charge is 0.265 e. The fraction of sp³-hybridized carbons (Fsp3) is 0.0500. The predicted octanol–water partition coefficient (Wildman–Crippen LogP) is 4.13. The molecule has 0 radical (unpaired) electrons. The van der Waals surface area contributed by atoms with Gasteiger partial charge in [-0.1, -0.05) is 6.07 Å². The minimum Gasteiger partial charge on any atom is -0.494 e. The molecule has 7 nitrogen and oxygen atoms in total. The van der Waals surface area contributed by atoms with E-state index in [4.69, 9.17) is 21.4 Å². The summed E-state index contributed by atoms with van der Waals surface area (Å²) in [5.41, 5.74) is 1.11. The highest BCUT2D eigenvalue weighted by molar-refractivity contribution is 7.80. The highest BCUT2D eigenvalue weighted by Gasteiger charge is 2.12. The Kier molecular flexibility index (Phi) is 6.77. The number of carbonyl (C=O) groups is 2. The number of ether oxygens (including phenoxy) is 1. The zero-order valence-corrected chi connectivity index (χ0v) is 16.9. The summed E-state index contributed by atoms with van der Waals surface area (Å²) in [6, 6.07) is 12.1. The highest BCUT2D eigenvalue weighted by Crippen LogP contribution is 2.28. The summed E-state index contributed by atoms with van der Waals surface area (Å²) in [5, 5.41) is 10.2. The van der Waals surface area contributed by atoms with Crippen molar-refractivity contribution < 1.29 is 18.7 Å². The summed E-state index contributed by atoms with van der Waals surface area (Å²) < 4.78 is 10.5. The molecular weight excluding hydrogens is 410 g/mol. The van der Waals surface area contributed by atoms with E-state index in [0.29, 0.717) is 27.8 Å². The molecule has 0 aliphatic rings. The van der Waals surface area contributed by atoms with Crippen LogP contribution in [0.4, 0.5) is 11.4 Å². The Bertz CT molecular complexity index is 1030. The van der Waals surface area contributed by atoms with Crippen LogP contribution >= 0.6 is 23.6 Å². The molecule has 148 valence electrons. The molecule has 2 aromatic heterocycles. The lowest BCUT2D eigenvalue weighted by Crippen LogP contribution is -2.32. The molecule has 0 fully saturated rings. The summed E-state index contributed by atoms with van der Waals surface area (Å²) in [5.74, 6) is 0.395. The second-order valence-corrected chi connectivity index (χ2v) is 6.99. The second kappa shape index (κ2) is 9.67. The molecule has 0 aliphatic carbocycles. The Morgan fingerprint density at radius 3 is 2.72 bits per heavy atom. The van der Waals surface area contributed by atoms with Crippen LogP contribution in [-0.4, -0.2) is 24.0 Å². The largest absolute Gasteiger partial charge is 0.494 e. The van der Waals surface area contributed by atoms with E-state index in [2.05, 4.69) is 16.0 Å². The molecule has 0 saturated heterocycles. The standard InChI is InChI=1S/C20H17N3O4S2/c1-26-16-12-13(6-8-15(16)22-19(25)17-5-3-11-29-17)21-20(28)23-18(24)9-7-14-4-2-10-27-14/h2-12H,1H3,(H,22,25)(H2,21,23,24,28)/b9-7+. The van der Waals surface area contributed by atoms with Gasteiger partial charge in [0, 0.05) is 17.8 Å². The van der Waals surface area contributed by atoms with Crippen molar-refractivity contribution in [1.82, 2.24) is 5.32 Å². The van der Waals surface area contributed by atoms with E-state index in [1.165, 1.54) is 36.9 Å². The Morgan fingerprint density at radius 2 is 2.03 bits per heavy atom. The van der Waals surface area contributed by atoms with Gasteiger partial charge in [0.15, 0.2) is 5.11 Å². The van der Waals surface area contributed by atoms with Gasteiger partial charge in [0.05, 0.1) is 23.9 Å². The molecule has 9 heteroatoms. The first-order valence-corrected chi connectivity index (χ1v) is 9.70. The van der Waals surface area contributed by atoms with Crippen molar-refractivity contribution in [2.24, 2.45) is 0 Å². The minimum atomic E-state index is -0.398. The van der Waals surface area contributed by atoms with Gasteiger partial charge in [0.2, 0.25) is 5.91 Å². The van der Waals surface area contributed by atoms with E-state index in [1.54, 1.807) is 36.4 Å². The number of benzene rings is 1. The van der Waals surface area contributed by atoms with E-state index >= 15 is 0 Å². The molecule has 1 aromatic carbocycles. The molecule has 0 unspecified atom stereocenters. The van der Waals surface area contributed by atoms with Crippen molar-refractivity contribution in [3.63, 3.8) is 0 Å². The van der Waals surface area contributed by atoms with Gasteiger partial charge >= 0.3 is 0 Å². The van der Waals surface area contributed by atoms with Crippen molar-refractivity contribution in [2.45, 2.75) is 0 Å². The van der Waals surface area contributed by atoms with Crippen LogP contribution in [0.2, 0.25) is 0 Å². The topological polar surface area (TPSA) is 92.6 Å². The lowest BCUT2D eigenvalue weighted by molar-refractivity contribution is -0.115. The lowest BCUT2D eigenvalue weighted by Gasteiger charge is -2.13. The maximum absolute atomic E-state index is 12.2. The van der Waals surface area contributed by atoms with E-state index < -0.39 is 5.91 Å². The Balaban J connectivity index is 1.59. The summed E-state index contributed by atoms with van der Waals surface area (Å²) in [7, 11) is 1.50. The fourth-order valence-electron chi connectivity index (χ4n) is 2.32. The van der Waals surface area contributed by atoms with Gasteiger partial charge in [-0.2, -0.15) is 0 Å². The maximum atomic E-state index is 12.2. The van der Waals surface area contributed by atoms with Crippen LogP contribution < -0.4 is 20.7 Å². The SMILES string of the molecule is COc1cc(NC(=S)NC(=O)/C=C/c2ccco2)ccc1NC(=O)c1cccs1. The normalized spacial score (nSPS) is 10.5. The molecule has 0 bridgehead atoms. The number of hydrogen-bond donors (Lipinski definition) is 3. The first-order valence-electron chi connectivity index (χ1n) is 8.41. The van der Waals surface area contributed by atoms with Crippen molar-refractivity contribution in [3.8, 4) is 5.75 Å². The van der Waals surface area contributed by atoms with E-state index in [0.717, 1.165) is 0 Å². The first kappa shape index (κ1) is 20.3. The summed E-state index contributed by atoms with van der Waals surface area (Å²) in [6.07, 6.45) is 4.37. The van der Waals surface area contributed by atoms with Crippen molar-refractivity contribution in [1.29, 1.82) is 0 Å². The summed E-state index contributed by atoms with van der Waals surface area (Å²) in [6.45, 7) is 0. The van der Waals surface area contributed by atoms with Crippen LogP contribution in [0.3, 0.4) is 0 Å². The van der Waals surface area contributed by atoms with Crippen LogP contribution in [0.1, 0.15) is 15.4 Å². The third kappa shape index (κ3) is 5.77. The third-order valence-electron chi connectivity index (χ3n) is 3.63. The number of furan rings is 1. The molecule has 0 atom stereocenters. The summed E-state index contributed by atoms with van der Waals surface area (Å²) >= 11 is 6.50. The van der Waals surface area contributed by atoms with E-state index in [-0.39, 0.29) is 11.0 Å². The van der Waals surface area contributed by atoms with Gasteiger partial charge in [0.25, 0.3) is 5.91 Å². The maximum Gasteiger partial charge on any atom is 0.265 e. The highest BCUT2D eigenvalue weighted by atomic mass is 32.1. The van der Waals surface area contributed by atoms with Crippen LogP contribution in [0.15, 0.2) is 64.6 Å². The molecular formula is C20H17N3O4S2. The van der Waals surface area contributed by atoms with Gasteiger partial charge in [-0.15, -0.1) is 11.3 Å². The predicted molar refractivity (Wildman–Crippen MR) is 117 cm³/mol. The zero-order valence-electron chi connectivity index (χ0n) is 15.3. The first-order chi connectivity index (χ1) is 14.0. The van der Waals surface area contributed by atoms with Gasteiger partial charge in [-0.05, 0) is 54.0 Å². The quantitative estimate of drug-likeness (QED) is 0.405. The number of thiocarbonyl (C=S) groups is 1. The lowest BCUT2D eigenvalue weighted by atomic mass is 10.2. The second-order valence-electron chi connectivity index (χ2n) is 5.64. The van der Waals surface area contributed by atoms with Gasteiger partial charge in [-0.25, -0.2) is 0 Å². The molecule has 3 N–H and O–H groups in total. The van der Waals surface area contributed by atoms with E-state index in [1.807, 2.05) is 11.4 Å². The van der Waals surface area contributed by atoms with Crippen LogP contribution in [0.25, 0.3) is 6.08 Å². The summed E-state index contributed by atoms with van der Waals surface area (Å²) in [4.78, 5) is 24.7. The van der Waals surface area contributed by atoms with Crippen molar-refractivity contribution in [2.75, 3.05) is 17.7 Å². The minimum absolute atomic E-state index is 0.122. The molecule has 0 spiro atoms. The number of rotatable bonds is 6. The number of carbonyl (C=O) groups excluding carboxylic acids is 2. The molecule has 3 rings (SSSR count). The zero-order chi connectivity index (χ0) is 20.6. The Morgan fingerprint density at radius 1 is 1.17 bits per heavy atom. The molecule has 0 saturated carbocycles. The van der Waals surface area contributed by atoms with Crippen LogP contribution in [-0.2, 0) is 4.79 Å². The average molecular weight is 428 g/mol.